The Bertz CT molecular complexity index is 715. The van der Waals surface area contributed by atoms with Crippen molar-refractivity contribution in [1.82, 2.24) is 5.32 Å². The molecule has 4 heteroatoms. The molecule has 0 bridgehead atoms. The van der Waals surface area contributed by atoms with Gasteiger partial charge in [-0.1, -0.05) is 43.2 Å². The molecular formula is C22H28FKNO-. The van der Waals surface area contributed by atoms with Crippen LogP contribution in [0.4, 0.5) is 4.39 Å². The quantitative estimate of drug-likeness (QED) is 0.629. The minimum Gasteiger partial charge on any atom is -0.498 e. The zero-order valence-corrected chi connectivity index (χ0v) is 20.0. The number of halogens is 1. The molecule has 1 amide bonds. The fourth-order valence-electron chi connectivity index (χ4n) is 2.77. The van der Waals surface area contributed by atoms with Crippen LogP contribution >= 0.6 is 0 Å². The topological polar surface area (TPSA) is 29.1 Å². The zero-order chi connectivity index (χ0) is 19.0. The summed E-state index contributed by atoms with van der Waals surface area (Å²) in [6.07, 6.45) is 1.30. The van der Waals surface area contributed by atoms with Gasteiger partial charge in [0.15, 0.2) is 0 Å². The molecular weight excluding hydrogens is 352 g/mol. The van der Waals surface area contributed by atoms with Gasteiger partial charge >= 0.3 is 51.4 Å². The summed E-state index contributed by atoms with van der Waals surface area (Å²) in [5.74, 6) is -0.310. The Morgan fingerprint density at radius 1 is 1.08 bits per heavy atom. The maximum Gasteiger partial charge on any atom is 1.00 e. The molecule has 0 spiro atoms. The molecule has 1 N–H and O–H groups in total. The molecule has 1 aliphatic carbocycles. The van der Waals surface area contributed by atoms with Crippen LogP contribution in [0.3, 0.4) is 0 Å². The summed E-state index contributed by atoms with van der Waals surface area (Å²) < 4.78 is 13.2. The second-order valence-electron chi connectivity index (χ2n) is 5.57. The Morgan fingerprint density at radius 2 is 1.69 bits per heavy atom. The van der Waals surface area contributed by atoms with E-state index >= 15 is 0 Å². The van der Waals surface area contributed by atoms with Crippen molar-refractivity contribution in [3.8, 4) is 0 Å². The van der Waals surface area contributed by atoms with Crippen LogP contribution in [0.25, 0.3) is 0 Å². The van der Waals surface area contributed by atoms with E-state index in [1.54, 1.807) is 19.1 Å². The van der Waals surface area contributed by atoms with E-state index in [9.17, 15) is 9.18 Å². The van der Waals surface area contributed by atoms with Crippen LogP contribution in [-0.2, 0) is 12.8 Å². The van der Waals surface area contributed by atoms with Crippen LogP contribution in [0.5, 0.6) is 0 Å². The second-order valence-corrected chi connectivity index (χ2v) is 5.57. The Balaban J connectivity index is 0.00000117. The predicted octanol–water partition coefficient (Wildman–Crippen LogP) is 2.37. The fraction of sp³-hybridized carbons (Fsp3) is 0.318. The molecule has 0 heterocycles. The van der Waals surface area contributed by atoms with Crippen LogP contribution in [0, 0.1) is 32.6 Å². The standard InChI is InChI=1S/C18H17FNO.C2H6.C2H5.K/c1-11-4-3-5-17(12(11)2)18(21)20-16-9-13-6-7-15(19)8-14(13)10-16;2*1-2;/h3-8H,9-10H2,1-2H3,(H,20,21);1-2H3;1H2,2H3;/q-1;;-1;+1. The van der Waals surface area contributed by atoms with Gasteiger partial charge in [0, 0.05) is 5.56 Å². The van der Waals surface area contributed by atoms with Crippen molar-refractivity contribution in [3.63, 3.8) is 0 Å². The van der Waals surface area contributed by atoms with Crippen molar-refractivity contribution in [3.05, 3.63) is 83.0 Å². The normalized spacial score (nSPS) is 11.8. The molecule has 2 aromatic rings. The van der Waals surface area contributed by atoms with Gasteiger partial charge < -0.3 is 12.2 Å². The third-order valence-electron chi connectivity index (χ3n) is 4.12. The SMILES string of the molecule is CC.Cc1cccc(C(=O)N[C-]2Cc3ccc(F)cc3C2)c1C.[CH2-]C.[K+]. The van der Waals surface area contributed by atoms with Crippen LogP contribution in [-0.4, -0.2) is 5.91 Å². The summed E-state index contributed by atoms with van der Waals surface area (Å²) in [5, 5.41) is 2.98. The maximum absolute atomic E-state index is 13.2. The first kappa shape index (κ1) is 25.5. The summed E-state index contributed by atoms with van der Waals surface area (Å²) in [6, 6.07) is 11.5. The Labute approximate surface area is 200 Å². The summed E-state index contributed by atoms with van der Waals surface area (Å²) >= 11 is 0. The fourth-order valence-corrected chi connectivity index (χ4v) is 2.77. The molecule has 26 heavy (non-hydrogen) atoms. The molecule has 0 fully saturated rings. The van der Waals surface area contributed by atoms with Gasteiger partial charge in [0.1, 0.15) is 5.82 Å². The van der Waals surface area contributed by atoms with E-state index < -0.39 is 0 Å². The molecule has 0 aliphatic heterocycles. The van der Waals surface area contributed by atoms with Crippen molar-refractivity contribution < 1.29 is 60.6 Å². The molecule has 0 unspecified atom stereocenters. The van der Waals surface area contributed by atoms with E-state index in [0.717, 1.165) is 28.3 Å². The first-order valence-electron chi connectivity index (χ1n) is 8.75. The van der Waals surface area contributed by atoms with Crippen LogP contribution in [0.2, 0.25) is 0 Å². The smallest absolute Gasteiger partial charge is 0.498 e. The van der Waals surface area contributed by atoms with Gasteiger partial charge in [0.25, 0.3) is 0 Å². The van der Waals surface area contributed by atoms with Gasteiger partial charge in [-0.05, 0) is 43.2 Å². The third kappa shape index (κ3) is 6.57. The Kier molecular flexibility index (Phi) is 12.5. The molecule has 0 atom stereocenters. The van der Waals surface area contributed by atoms with Crippen molar-refractivity contribution >= 4 is 5.91 Å². The number of benzene rings is 2. The maximum atomic E-state index is 13.2. The van der Waals surface area contributed by atoms with Crippen molar-refractivity contribution in [2.45, 2.75) is 47.5 Å². The second kappa shape index (κ2) is 12.8. The predicted molar refractivity (Wildman–Crippen MR) is 103 cm³/mol. The first-order chi connectivity index (χ1) is 12.0. The van der Waals surface area contributed by atoms with E-state index in [2.05, 4.69) is 12.2 Å². The number of nitrogens with one attached hydrogen (secondary N) is 1. The third-order valence-corrected chi connectivity index (χ3v) is 4.12. The minimum atomic E-state index is -0.226. The molecule has 1 aliphatic rings. The number of aryl methyl sites for hydroxylation is 1. The molecule has 3 rings (SSSR count). The average molecular weight is 381 g/mol. The van der Waals surface area contributed by atoms with Gasteiger partial charge in [0.2, 0.25) is 5.91 Å². The van der Waals surface area contributed by atoms with Gasteiger partial charge in [-0.3, -0.25) is 4.79 Å². The van der Waals surface area contributed by atoms with E-state index in [-0.39, 0.29) is 63.1 Å². The average Bonchev–Trinajstić information content (AvgIpc) is 3.02. The summed E-state index contributed by atoms with van der Waals surface area (Å²) in [4.78, 5) is 12.4. The number of amides is 1. The van der Waals surface area contributed by atoms with Crippen LogP contribution in [0.15, 0.2) is 36.4 Å². The number of rotatable bonds is 2. The Morgan fingerprint density at radius 3 is 2.35 bits per heavy atom. The largest absolute Gasteiger partial charge is 1.00 e. The van der Waals surface area contributed by atoms with E-state index in [1.807, 2.05) is 45.9 Å². The molecule has 0 aromatic heterocycles. The summed E-state index contributed by atoms with van der Waals surface area (Å²) in [7, 11) is 0. The van der Waals surface area contributed by atoms with E-state index in [4.69, 9.17) is 0 Å². The first-order valence-corrected chi connectivity index (χ1v) is 8.75. The van der Waals surface area contributed by atoms with Crippen molar-refractivity contribution in [1.29, 1.82) is 0 Å². The molecule has 0 radical (unpaired) electrons. The molecule has 0 saturated heterocycles. The number of hydrogen-bond acceptors (Lipinski definition) is 1. The molecule has 0 saturated carbocycles. The number of carbonyl (C=O) groups excluding carboxylic acids is 1. The molecule has 2 aromatic carbocycles. The van der Waals surface area contributed by atoms with Gasteiger partial charge in [-0.15, -0.1) is 12.8 Å². The summed E-state index contributed by atoms with van der Waals surface area (Å²) in [5.41, 5.74) is 4.85. The molecule has 2 nitrogen and oxygen atoms in total. The zero-order valence-electron chi connectivity index (χ0n) is 16.9. The van der Waals surface area contributed by atoms with Crippen molar-refractivity contribution in [2.75, 3.05) is 0 Å². The Hall–Kier alpha value is -0.524. The number of carbonyl (C=O) groups is 1. The van der Waals surface area contributed by atoms with E-state index in [0.29, 0.717) is 18.4 Å². The number of fused-ring (bicyclic) bond motifs is 1. The van der Waals surface area contributed by atoms with Crippen molar-refractivity contribution in [2.24, 2.45) is 0 Å². The monoisotopic (exact) mass is 380 g/mol. The van der Waals surface area contributed by atoms with E-state index in [1.165, 1.54) is 6.07 Å². The molecule has 136 valence electrons. The summed E-state index contributed by atoms with van der Waals surface area (Å²) in [6.45, 7) is 12.9. The van der Waals surface area contributed by atoms with Crippen LogP contribution < -0.4 is 56.7 Å². The minimum absolute atomic E-state index is 0. The number of hydrogen-bond donors (Lipinski definition) is 1. The van der Waals surface area contributed by atoms with Gasteiger partial charge in [-0.2, -0.15) is 6.92 Å². The van der Waals surface area contributed by atoms with Gasteiger partial charge in [0.05, 0.1) is 0 Å². The van der Waals surface area contributed by atoms with Gasteiger partial charge in [-0.25, -0.2) is 10.4 Å². The van der Waals surface area contributed by atoms with Crippen LogP contribution in [0.1, 0.15) is 53.4 Å².